The molecule has 0 aliphatic heterocycles. The molecule has 0 unspecified atom stereocenters. The standard InChI is InChI=1S/C12H17ClN2O.ClH/c1-14-9-12(16)15-8-2-3-10-4-6-11(13)7-5-10;/h4-7,14H,2-3,8-9H2,1H3,(H,15,16);1H. The Bertz CT molecular complexity index is 328. The molecule has 3 nitrogen and oxygen atoms in total. The molecule has 0 spiro atoms. The molecular formula is C12H18Cl2N2O. The largest absolute Gasteiger partial charge is 0.355 e. The molecule has 1 aromatic carbocycles. The first kappa shape index (κ1) is 16.2. The van der Waals surface area contributed by atoms with Crippen LogP contribution >= 0.6 is 24.0 Å². The molecule has 0 saturated carbocycles. The molecule has 0 aliphatic carbocycles. The van der Waals surface area contributed by atoms with E-state index >= 15 is 0 Å². The molecule has 96 valence electrons. The molecule has 0 saturated heterocycles. The SMILES string of the molecule is CNCC(=O)NCCCc1ccc(Cl)cc1.Cl. The third kappa shape index (κ3) is 7.21. The van der Waals surface area contributed by atoms with Crippen LogP contribution in [-0.2, 0) is 11.2 Å². The Morgan fingerprint density at radius 3 is 2.53 bits per heavy atom. The maximum atomic E-state index is 11.1. The van der Waals surface area contributed by atoms with Gasteiger partial charge in [0.1, 0.15) is 0 Å². The molecule has 17 heavy (non-hydrogen) atoms. The van der Waals surface area contributed by atoms with Gasteiger partial charge in [-0.15, -0.1) is 12.4 Å². The Labute approximate surface area is 113 Å². The van der Waals surface area contributed by atoms with Gasteiger partial charge in [-0.2, -0.15) is 0 Å². The smallest absolute Gasteiger partial charge is 0.233 e. The van der Waals surface area contributed by atoms with E-state index in [1.165, 1.54) is 5.56 Å². The van der Waals surface area contributed by atoms with Gasteiger partial charge in [0.15, 0.2) is 0 Å². The molecule has 0 heterocycles. The molecule has 0 aliphatic rings. The lowest BCUT2D eigenvalue weighted by Gasteiger charge is -2.04. The number of hydrogen-bond donors (Lipinski definition) is 2. The summed E-state index contributed by atoms with van der Waals surface area (Å²) >= 11 is 5.79. The van der Waals surface area contributed by atoms with Gasteiger partial charge in [0, 0.05) is 11.6 Å². The van der Waals surface area contributed by atoms with Crippen molar-refractivity contribution in [3.63, 3.8) is 0 Å². The second-order valence-electron chi connectivity index (χ2n) is 3.61. The fraction of sp³-hybridized carbons (Fsp3) is 0.417. The summed E-state index contributed by atoms with van der Waals surface area (Å²) in [5.74, 6) is 0.0404. The molecule has 0 aromatic heterocycles. The minimum absolute atomic E-state index is 0. The molecule has 0 fully saturated rings. The van der Waals surface area contributed by atoms with Gasteiger partial charge in [-0.3, -0.25) is 4.79 Å². The Morgan fingerprint density at radius 2 is 1.94 bits per heavy atom. The lowest BCUT2D eigenvalue weighted by atomic mass is 10.1. The Balaban J connectivity index is 0.00000256. The van der Waals surface area contributed by atoms with E-state index in [1.54, 1.807) is 7.05 Å². The zero-order valence-corrected chi connectivity index (χ0v) is 11.4. The fourth-order valence-electron chi connectivity index (χ4n) is 1.39. The van der Waals surface area contributed by atoms with E-state index in [4.69, 9.17) is 11.6 Å². The summed E-state index contributed by atoms with van der Waals surface area (Å²) in [5, 5.41) is 6.40. The van der Waals surface area contributed by atoms with Crippen LogP contribution in [0.2, 0.25) is 5.02 Å². The predicted molar refractivity (Wildman–Crippen MR) is 74.0 cm³/mol. The molecule has 1 amide bonds. The molecule has 0 atom stereocenters. The minimum atomic E-state index is 0. The number of aryl methyl sites for hydroxylation is 1. The van der Waals surface area contributed by atoms with Crippen molar-refractivity contribution in [3.05, 3.63) is 34.9 Å². The number of hydrogen-bond acceptors (Lipinski definition) is 2. The van der Waals surface area contributed by atoms with E-state index < -0.39 is 0 Å². The first-order valence-corrected chi connectivity index (χ1v) is 5.76. The van der Waals surface area contributed by atoms with Gasteiger partial charge < -0.3 is 10.6 Å². The quantitative estimate of drug-likeness (QED) is 0.781. The van der Waals surface area contributed by atoms with E-state index in [0.717, 1.165) is 17.9 Å². The number of halogens is 2. The number of nitrogens with one attached hydrogen (secondary N) is 2. The lowest BCUT2D eigenvalue weighted by Crippen LogP contribution is -2.32. The van der Waals surface area contributed by atoms with Crippen LogP contribution in [0.25, 0.3) is 0 Å². The summed E-state index contributed by atoms with van der Waals surface area (Å²) < 4.78 is 0. The molecule has 1 aromatic rings. The topological polar surface area (TPSA) is 41.1 Å². The van der Waals surface area contributed by atoms with Gasteiger partial charge in [0.25, 0.3) is 0 Å². The van der Waals surface area contributed by atoms with Crippen LogP contribution < -0.4 is 10.6 Å². The summed E-state index contributed by atoms with van der Waals surface area (Å²) in [7, 11) is 1.76. The van der Waals surface area contributed by atoms with Gasteiger partial charge in [0.05, 0.1) is 6.54 Å². The van der Waals surface area contributed by atoms with Crippen molar-refractivity contribution in [2.75, 3.05) is 20.1 Å². The van der Waals surface area contributed by atoms with Gasteiger partial charge in [-0.25, -0.2) is 0 Å². The van der Waals surface area contributed by atoms with Gasteiger partial charge in [-0.05, 0) is 37.6 Å². The molecule has 2 N–H and O–H groups in total. The van der Waals surface area contributed by atoms with Crippen molar-refractivity contribution in [1.82, 2.24) is 10.6 Å². The molecule has 1 rings (SSSR count). The first-order valence-electron chi connectivity index (χ1n) is 5.38. The van der Waals surface area contributed by atoms with Crippen molar-refractivity contribution in [3.8, 4) is 0 Å². The van der Waals surface area contributed by atoms with Crippen molar-refractivity contribution in [2.24, 2.45) is 0 Å². The van der Waals surface area contributed by atoms with Crippen LogP contribution in [0.5, 0.6) is 0 Å². The minimum Gasteiger partial charge on any atom is -0.355 e. The summed E-state index contributed by atoms with van der Waals surface area (Å²) in [6.07, 6.45) is 1.90. The van der Waals surface area contributed by atoms with E-state index in [0.29, 0.717) is 13.1 Å². The highest BCUT2D eigenvalue weighted by molar-refractivity contribution is 6.30. The summed E-state index contributed by atoms with van der Waals surface area (Å²) in [6, 6.07) is 7.79. The maximum absolute atomic E-state index is 11.1. The van der Waals surface area contributed by atoms with Crippen LogP contribution in [0.3, 0.4) is 0 Å². The third-order valence-corrected chi connectivity index (χ3v) is 2.47. The van der Waals surface area contributed by atoms with Crippen LogP contribution in [0.1, 0.15) is 12.0 Å². The number of rotatable bonds is 6. The van der Waals surface area contributed by atoms with Crippen molar-refractivity contribution in [2.45, 2.75) is 12.8 Å². The van der Waals surface area contributed by atoms with Crippen molar-refractivity contribution in [1.29, 1.82) is 0 Å². The van der Waals surface area contributed by atoms with E-state index in [9.17, 15) is 4.79 Å². The number of carbonyl (C=O) groups is 1. The highest BCUT2D eigenvalue weighted by atomic mass is 35.5. The Hall–Kier alpha value is -0.770. The van der Waals surface area contributed by atoms with E-state index in [1.807, 2.05) is 24.3 Å². The van der Waals surface area contributed by atoms with E-state index in [-0.39, 0.29) is 18.3 Å². The number of amides is 1. The zero-order valence-electron chi connectivity index (χ0n) is 9.83. The van der Waals surface area contributed by atoms with Gasteiger partial charge >= 0.3 is 0 Å². The van der Waals surface area contributed by atoms with E-state index in [2.05, 4.69) is 10.6 Å². The summed E-state index contributed by atoms with van der Waals surface area (Å²) in [5.41, 5.74) is 1.24. The molecule has 5 heteroatoms. The van der Waals surface area contributed by atoms with Gasteiger partial charge in [-0.1, -0.05) is 23.7 Å². The fourth-order valence-corrected chi connectivity index (χ4v) is 1.52. The second kappa shape index (κ2) is 9.28. The average molecular weight is 277 g/mol. The molecular weight excluding hydrogens is 259 g/mol. The summed E-state index contributed by atoms with van der Waals surface area (Å²) in [6.45, 7) is 1.09. The Morgan fingerprint density at radius 1 is 1.29 bits per heavy atom. The highest BCUT2D eigenvalue weighted by Gasteiger charge is 1.98. The maximum Gasteiger partial charge on any atom is 0.233 e. The van der Waals surface area contributed by atoms with Crippen LogP contribution in [0.15, 0.2) is 24.3 Å². The summed E-state index contributed by atoms with van der Waals surface area (Å²) in [4.78, 5) is 11.1. The molecule has 0 bridgehead atoms. The average Bonchev–Trinajstić information content (AvgIpc) is 2.27. The number of carbonyl (C=O) groups excluding carboxylic acids is 1. The Kier molecular flexibility index (Phi) is 8.86. The predicted octanol–water partition coefficient (Wildman–Crippen LogP) is 2.03. The molecule has 0 radical (unpaired) electrons. The lowest BCUT2D eigenvalue weighted by molar-refractivity contribution is -0.120. The van der Waals surface area contributed by atoms with Crippen LogP contribution in [0, 0.1) is 0 Å². The monoisotopic (exact) mass is 276 g/mol. The second-order valence-corrected chi connectivity index (χ2v) is 4.05. The third-order valence-electron chi connectivity index (χ3n) is 2.21. The normalized spacial score (nSPS) is 9.53. The van der Waals surface area contributed by atoms with Crippen molar-refractivity contribution >= 4 is 29.9 Å². The zero-order chi connectivity index (χ0) is 11.8. The van der Waals surface area contributed by atoms with Gasteiger partial charge in [0.2, 0.25) is 5.91 Å². The number of benzene rings is 1. The van der Waals surface area contributed by atoms with Crippen molar-refractivity contribution < 1.29 is 4.79 Å². The number of likely N-dealkylation sites (N-methyl/N-ethyl adjacent to an activating group) is 1. The van der Waals surface area contributed by atoms with Crippen LogP contribution in [0.4, 0.5) is 0 Å². The highest BCUT2D eigenvalue weighted by Crippen LogP contribution is 2.10. The van der Waals surface area contributed by atoms with Crippen LogP contribution in [-0.4, -0.2) is 26.0 Å². The first-order chi connectivity index (χ1) is 7.72.